The fourth-order valence-corrected chi connectivity index (χ4v) is 4.57. The average molecular weight is 447 g/mol. The van der Waals surface area contributed by atoms with E-state index in [4.69, 9.17) is 9.47 Å². The van der Waals surface area contributed by atoms with E-state index >= 15 is 0 Å². The molecule has 0 aliphatic heterocycles. The summed E-state index contributed by atoms with van der Waals surface area (Å²) in [5.41, 5.74) is 2.57. The third-order valence-electron chi connectivity index (χ3n) is 5.16. The van der Waals surface area contributed by atoms with Gasteiger partial charge in [0.15, 0.2) is 0 Å². The van der Waals surface area contributed by atoms with E-state index in [1.54, 1.807) is 32.4 Å². The molecule has 1 amide bonds. The van der Waals surface area contributed by atoms with Crippen LogP contribution in [0, 0.1) is 0 Å². The van der Waals surface area contributed by atoms with E-state index in [2.05, 4.69) is 15.2 Å². The number of rotatable bonds is 10. The maximum absolute atomic E-state index is 12.6. The maximum Gasteiger partial charge on any atom is 0.348 e. The smallest absolute Gasteiger partial charge is 0.348 e. The van der Waals surface area contributed by atoms with Gasteiger partial charge in [-0.2, -0.15) is 4.98 Å². The first-order chi connectivity index (χ1) is 14.9. The average Bonchev–Trinajstić information content (AvgIpc) is 3.23. The number of carbonyl (C=O) groups is 1. The molecule has 31 heavy (non-hydrogen) atoms. The molecule has 1 aromatic carbocycles. The number of aromatic nitrogens is 2. The number of amides is 1. The van der Waals surface area contributed by atoms with E-state index in [1.165, 1.54) is 11.8 Å². The molecule has 1 aliphatic rings. The Hall–Kier alpha value is -2.52. The Kier molecular flexibility index (Phi) is 7.97. The van der Waals surface area contributed by atoms with Gasteiger partial charge in [-0.1, -0.05) is 11.8 Å². The van der Waals surface area contributed by atoms with Crippen molar-refractivity contribution in [3.05, 3.63) is 39.9 Å². The van der Waals surface area contributed by atoms with Crippen LogP contribution < -0.4 is 20.5 Å². The zero-order valence-corrected chi connectivity index (χ0v) is 19.4. The van der Waals surface area contributed by atoms with Crippen molar-refractivity contribution in [2.24, 2.45) is 0 Å². The number of anilines is 1. The topological polar surface area (TPSA) is 85.7 Å². The summed E-state index contributed by atoms with van der Waals surface area (Å²) in [6.07, 6.45) is 3.70. The van der Waals surface area contributed by atoms with Crippen LogP contribution in [0.1, 0.15) is 24.1 Å². The van der Waals surface area contributed by atoms with Crippen LogP contribution >= 0.6 is 11.8 Å². The second-order valence-corrected chi connectivity index (χ2v) is 8.69. The van der Waals surface area contributed by atoms with E-state index in [0.29, 0.717) is 28.8 Å². The number of hydrogen-bond acceptors (Lipinski definition) is 7. The number of nitrogens with zero attached hydrogens (tertiary/aromatic N) is 3. The van der Waals surface area contributed by atoms with Crippen LogP contribution in [0.25, 0.3) is 0 Å². The molecule has 168 valence electrons. The van der Waals surface area contributed by atoms with Crippen LogP contribution in [0.3, 0.4) is 0 Å². The Bertz CT molecular complexity index is 968. The first-order valence-electron chi connectivity index (χ1n) is 10.3. The predicted octanol–water partition coefficient (Wildman–Crippen LogP) is 2.43. The van der Waals surface area contributed by atoms with Crippen LogP contribution in [0.4, 0.5) is 5.69 Å². The van der Waals surface area contributed by atoms with Crippen molar-refractivity contribution < 1.29 is 14.3 Å². The second kappa shape index (κ2) is 10.7. The van der Waals surface area contributed by atoms with E-state index in [-0.39, 0.29) is 17.3 Å². The van der Waals surface area contributed by atoms with Gasteiger partial charge in [-0.25, -0.2) is 4.79 Å². The Balaban J connectivity index is 1.68. The lowest BCUT2D eigenvalue weighted by Crippen LogP contribution is -2.29. The van der Waals surface area contributed by atoms with Crippen LogP contribution in [0.5, 0.6) is 11.5 Å². The molecule has 3 rings (SSSR count). The van der Waals surface area contributed by atoms with Gasteiger partial charge in [0.2, 0.25) is 5.91 Å². The summed E-state index contributed by atoms with van der Waals surface area (Å²) >= 11 is 1.32. The number of benzene rings is 1. The molecule has 1 heterocycles. The number of carbonyl (C=O) groups excluding carboxylic acids is 1. The van der Waals surface area contributed by atoms with Gasteiger partial charge in [-0.3, -0.25) is 9.36 Å². The number of fused-ring (bicyclic) bond motifs is 1. The zero-order valence-electron chi connectivity index (χ0n) is 18.6. The highest BCUT2D eigenvalue weighted by Crippen LogP contribution is 2.30. The summed E-state index contributed by atoms with van der Waals surface area (Å²) in [5, 5.41) is 3.54. The Morgan fingerprint density at radius 1 is 1.19 bits per heavy atom. The SMILES string of the molecule is COc1cc(NC(=O)CSc2nc(=O)n(CCCN(C)C)c3c2CCC3)cc(OC)c1. The minimum absolute atomic E-state index is 0.170. The van der Waals surface area contributed by atoms with Crippen LogP contribution in [0.15, 0.2) is 28.0 Å². The first kappa shape index (κ1) is 23.1. The van der Waals surface area contributed by atoms with Crippen molar-refractivity contribution in [2.75, 3.05) is 45.9 Å². The normalized spacial score (nSPS) is 12.7. The Morgan fingerprint density at radius 3 is 2.55 bits per heavy atom. The fraction of sp³-hybridized carbons (Fsp3) is 0.500. The number of hydrogen-bond donors (Lipinski definition) is 1. The van der Waals surface area contributed by atoms with Crippen molar-refractivity contribution in [3.8, 4) is 11.5 Å². The van der Waals surface area contributed by atoms with E-state index in [9.17, 15) is 9.59 Å². The number of methoxy groups -OCH3 is 2. The minimum atomic E-state index is -0.222. The molecule has 8 nitrogen and oxygen atoms in total. The molecule has 0 spiro atoms. The van der Waals surface area contributed by atoms with Crippen molar-refractivity contribution in [3.63, 3.8) is 0 Å². The van der Waals surface area contributed by atoms with Crippen molar-refractivity contribution >= 4 is 23.4 Å². The van der Waals surface area contributed by atoms with Crippen molar-refractivity contribution in [2.45, 2.75) is 37.3 Å². The number of nitrogens with one attached hydrogen (secondary N) is 1. The van der Waals surface area contributed by atoms with E-state index < -0.39 is 0 Å². The lowest BCUT2D eigenvalue weighted by atomic mass is 10.2. The molecular weight excluding hydrogens is 416 g/mol. The lowest BCUT2D eigenvalue weighted by Gasteiger charge is -2.15. The van der Waals surface area contributed by atoms with E-state index in [0.717, 1.165) is 43.5 Å². The zero-order chi connectivity index (χ0) is 22.4. The molecule has 0 fully saturated rings. The molecule has 0 unspecified atom stereocenters. The summed E-state index contributed by atoms with van der Waals surface area (Å²) < 4.78 is 12.3. The summed E-state index contributed by atoms with van der Waals surface area (Å²) in [6.45, 7) is 1.60. The molecular formula is C22H30N4O4S. The Labute approximate surface area is 186 Å². The van der Waals surface area contributed by atoms with Gasteiger partial charge in [0.05, 0.1) is 20.0 Å². The third kappa shape index (κ3) is 6.01. The van der Waals surface area contributed by atoms with Gasteiger partial charge >= 0.3 is 5.69 Å². The van der Waals surface area contributed by atoms with Gasteiger partial charge in [-0.15, -0.1) is 0 Å². The highest BCUT2D eigenvalue weighted by atomic mass is 32.2. The van der Waals surface area contributed by atoms with Gasteiger partial charge in [0.25, 0.3) is 0 Å². The molecule has 2 aromatic rings. The van der Waals surface area contributed by atoms with Crippen molar-refractivity contribution in [1.82, 2.24) is 14.5 Å². The number of ether oxygens (including phenoxy) is 2. The van der Waals surface area contributed by atoms with Crippen LogP contribution in [-0.4, -0.2) is 61.0 Å². The van der Waals surface area contributed by atoms with Gasteiger partial charge in [-0.05, 0) is 46.3 Å². The monoisotopic (exact) mass is 446 g/mol. The van der Waals surface area contributed by atoms with Crippen LogP contribution in [-0.2, 0) is 24.2 Å². The Morgan fingerprint density at radius 2 is 1.90 bits per heavy atom. The quantitative estimate of drug-likeness (QED) is 0.443. The largest absolute Gasteiger partial charge is 0.497 e. The second-order valence-electron chi connectivity index (χ2n) is 7.72. The molecule has 1 aliphatic carbocycles. The molecule has 0 saturated heterocycles. The third-order valence-corrected chi connectivity index (χ3v) is 6.18. The molecule has 9 heteroatoms. The van der Waals surface area contributed by atoms with Gasteiger partial charge < -0.3 is 19.7 Å². The lowest BCUT2D eigenvalue weighted by molar-refractivity contribution is -0.113. The first-order valence-corrected chi connectivity index (χ1v) is 11.3. The van der Waals surface area contributed by atoms with Crippen LogP contribution in [0.2, 0.25) is 0 Å². The molecule has 1 N–H and O–H groups in total. The molecule has 0 atom stereocenters. The summed E-state index contributed by atoms with van der Waals surface area (Å²) in [5.74, 6) is 1.19. The molecule has 0 saturated carbocycles. The highest BCUT2D eigenvalue weighted by Gasteiger charge is 2.22. The molecule has 1 aromatic heterocycles. The highest BCUT2D eigenvalue weighted by molar-refractivity contribution is 8.00. The van der Waals surface area contributed by atoms with Gasteiger partial charge in [0.1, 0.15) is 16.5 Å². The maximum atomic E-state index is 12.6. The van der Waals surface area contributed by atoms with E-state index in [1.807, 2.05) is 18.7 Å². The van der Waals surface area contributed by atoms with Crippen molar-refractivity contribution in [1.29, 1.82) is 0 Å². The standard InChI is InChI=1S/C22H30N4O4S/c1-25(2)9-6-10-26-19-8-5-7-18(19)21(24-22(26)28)31-14-20(27)23-15-11-16(29-3)13-17(12-15)30-4/h11-13H,5-10,14H2,1-4H3,(H,23,27). The number of thioether (sulfide) groups is 1. The van der Waals surface area contributed by atoms with Gasteiger partial charge in [0, 0.05) is 41.7 Å². The summed E-state index contributed by atoms with van der Waals surface area (Å²) in [7, 11) is 7.17. The molecule has 0 radical (unpaired) electrons. The minimum Gasteiger partial charge on any atom is -0.497 e. The fourth-order valence-electron chi connectivity index (χ4n) is 3.69. The molecule has 0 bridgehead atoms. The summed E-state index contributed by atoms with van der Waals surface area (Å²) in [4.78, 5) is 31.6. The predicted molar refractivity (Wildman–Crippen MR) is 123 cm³/mol. The summed E-state index contributed by atoms with van der Waals surface area (Å²) in [6, 6.07) is 5.21.